The molecule has 4 aromatic rings. The van der Waals surface area contributed by atoms with Gasteiger partial charge in [0, 0.05) is 26.2 Å². The van der Waals surface area contributed by atoms with Gasteiger partial charge in [-0.1, -0.05) is 110 Å². The highest BCUT2D eigenvalue weighted by Crippen LogP contribution is 2.22. The third-order valence-electron chi connectivity index (χ3n) is 8.91. The average Bonchev–Trinajstić information content (AvgIpc) is 3.13. The largest absolute Gasteiger partial charge is 0.497 e. The van der Waals surface area contributed by atoms with Crippen LogP contribution in [-0.2, 0) is 46.2 Å². The number of ether oxygens (including phenoxy) is 2. The molecule has 0 aromatic heterocycles. The summed E-state index contributed by atoms with van der Waals surface area (Å²) in [5.41, 5.74) is 6.14. The van der Waals surface area contributed by atoms with Gasteiger partial charge in [0.05, 0.1) is 25.7 Å². The minimum atomic E-state index is -3.41. The van der Waals surface area contributed by atoms with E-state index in [0.29, 0.717) is 39.0 Å². The Hall–Kier alpha value is -4.22. The van der Waals surface area contributed by atoms with Gasteiger partial charge in [0.15, 0.2) is 0 Å². The van der Waals surface area contributed by atoms with Gasteiger partial charge in [-0.15, -0.1) is 13.2 Å². The summed E-state index contributed by atoms with van der Waals surface area (Å²) < 4.78 is 65.8. The predicted molar refractivity (Wildman–Crippen MR) is 222 cm³/mol. The second kappa shape index (κ2) is 21.6. The van der Waals surface area contributed by atoms with Gasteiger partial charge in [-0.2, -0.15) is 8.61 Å². The molecule has 0 aliphatic rings. The van der Waals surface area contributed by atoms with Crippen LogP contribution < -0.4 is 9.47 Å². The number of rotatable bonds is 20. The molecule has 0 aliphatic carbocycles. The van der Waals surface area contributed by atoms with Gasteiger partial charge in [0.25, 0.3) is 0 Å². The molecule has 0 unspecified atom stereocenters. The number of allylic oxidation sites excluding steroid dienone is 2. The topological polar surface area (TPSA) is 93.2 Å². The summed E-state index contributed by atoms with van der Waals surface area (Å²) in [6.07, 6.45) is 4.90. The first-order valence-electron chi connectivity index (χ1n) is 18.2. The number of benzene rings is 4. The first kappa shape index (κ1) is 44.2. The Balaban J connectivity index is 0.000000290. The predicted octanol–water partition coefficient (Wildman–Crippen LogP) is 9.10. The Morgan fingerprint density at radius 2 is 0.778 bits per heavy atom. The Kier molecular flexibility index (Phi) is 17.7. The maximum Gasteiger partial charge on any atom is 0.214 e. The Morgan fingerprint density at radius 3 is 1.02 bits per heavy atom. The number of nitrogens with zero attached hydrogens (tertiary/aromatic N) is 2. The first-order chi connectivity index (χ1) is 25.7. The van der Waals surface area contributed by atoms with Crippen molar-refractivity contribution in [1.82, 2.24) is 8.61 Å². The van der Waals surface area contributed by atoms with Gasteiger partial charge in [0.1, 0.15) is 11.5 Å². The number of methoxy groups -OCH3 is 2. The molecular weight excluding hydrogens is 717 g/mol. The van der Waals surface area contributed by atoms with Gasteiger partial charge in [-0.3, -0.25) is 0 Å². The van der Waals surface area contributed by atoms with Crippen LogP contribution in [0.4, 0.5) is 0 Å². The second-order valence-corrected chi connectivity index (χ2v) is 18.0. The Bertz CT molecular complexity index is 1800. The van der Waals surface area contributed by atoms with E-state index in [-0.39, 0.29) is 23.3 Å². The normalized spacial score (nSPS) is 12.7. The van der Waals surface area contributed by atoms with Gasteiger partial charge in [0.2, 0.25) is 20.0 Å². The third kappa shape index (κ3) is 14.9. The molecule has 10 heteroatoms. The van der Waals surface area contributed by atoms with Crippen molar-refractivity contribution in [3.8, 4) is 11.5 Å². The van der Waals surface area contributed by atoms with Gasteiger partial charge in [-0.05, 0) is 85.0 Å². The van der Waals surface area contributed by atoms with E-state index in [1.807, 2.05) is 125 Å². The summed E-state index contributed by atoms with van der Waals surface area (Å²) in [5, 5.41) is 0. The van der Waals surface area contributed by atoms with Crippen molar-refractivity contribution >= 4 is 20.0 Å². The number of sulfonamides is 2. The quantitative estimate of drug-likeness (QED) is 0.0833. The zero-order valence-corrected chi connectivity index (χ0v) is 34.4. The SMILES string of the molecule is C=CC[C@@H](C)CS(=O)(=O)N(Cc1ccc(C)cc1)Cc1ccc(OC)cc1.C=CC[C@H](C)CS(=O)(=O)N(Cc1ccc(C)cc1)Cc1ccc(OC)cc1. The van der Waals surface area contributed by atoms with Crippen LogP contribution in [0.1, 0.15) is 60.1 Å². The lowest BCUT2D eigenvalue weighted by atomic mass is 10.1. The highest BCUT2D eigenvalue weighted by molar-refractivity contribution is 7.89. The molecule has 0 N–H and O–H groups in total. The summed E-state index contributed by atoms with van der Waals surface area (Å²) in [7, 11) is -3.59. The van der Waals surface area contributed by atoms with Crippen molar-refractivity contribution in [1.29, 1.82) is 0 Å². The fraction of sp³-hybridized carbons (Fsp3) is 0.364. The highest BCUT2D eigenvalue weighted by Gasteiger charge is 2.26. The zero-order chi connectivity index (χ0) is 39.7. The molecule has 0 heterocycles. The first-order valence-corrected chi connectivity index (χ1v) is 21.4. The lowest BCUT2D eigenvalue weighted by Gasteiger charge is -2.24. The molecular formula is C44H58N2O6S2. The van der Waals surface area contributed by atoms with Crippen LogP contribution in [0.3, 0.4) is 0 Å². The molecule has 0 bridgehead atoms. The molecule has 0 saturated heterocycles. The monoisotopic (exact) mass is 774 g/mol. The van der Waals surface area contributed by atoms with Crippen LogP contribution in [0.15, 0.2) is 122 Å². The standard InChI is InChI=1S/2C22H29NO3S/c2*1-5-6-19(3)17-27(24,25)23(15-20-9-7-18(2)8-10-20)16-21-11-13-22(26-4)14-12-21/h2*5,7-14,19H,1,6,15-17H2,2-4H3/t2*19-/m10/s1. The van der Waals surface area contributed by atoms with Crippen molar-refractivity contribution in [3.05, 3.63) is 156 Å². The zero-order valence-electron chi connectivity index (χ0n) is 32.8. The van der Waals surface area contributed by atoms with Crippen LogP contribution in [-0.4, -0.2) is 51.2 Å². The molecule has 0 radical (unpaired) electrons. The summed E-state index contributed by atoms with van der Waals surface area (Å²) in [5.74, 6) is 1.80. The molecule has 0 fully saturated rings. The highest BCUT2D eigenvalue weighted by atomic mass is 32.2. The summed E-state index contributed by atoms with van der Waals surface area (Å²) >= 11 is 0. The van der Waals surface area contributed by atoms with Crippen molar-refractivity contribution < 1.29 is 26.3 Å². The number of aryl methyl sites for hydroxylation is 2. The summed E-state index contributed by atoms with van der Waals surface area (Å²) in [6, 6.07) is 31.0. The molecule has 0 amide bonds. The van der Waals surface area contributed by atoms with Gasteiger partial charge < -0.3 is 9.47 Å². The molecule has 2 atom stereocenters. The third-order valence-corrected chi connectivity index (χ3v) is 13.0. The summed E-state index contributed by atoms with van der Waals surface area (Å²) in [4.78, 5) is 0. The van der Waals surface area contributed by atoms with E-state index < -0.39 is 20.0 Å². The van der Waals surface area contributed by atoms with E-state index in [4.69, 9.17) is 9.47 Å². The summed E-state index contributed by atoms with van der Waals surface area (Å²) in [6.45, 7) is 16.7. The number of hydrogen-bond donors (Lipinski definition) is 0. The fourth-order valence-corrected chi connectivity index (χ4v) is 9.32. The maximum absolute atomic E-state index is 13.1. The molecule has 54 heavy (non-hydrogen) atoms. The van der Waals surface area contributed by atoms with E-state index >= 15 is 0 Å². The van der Waals surface area contributed by atoms with Crippen molar-refractivity contribution in [2.75, 3.05) is 25.7 Å². The minimum Gasteiger partial charge on any atom is -0.497 e. The van der Waals surface area contributed by atoms with Crippen LogP contribution >= 0.6 is 0 Å². The minimum absolute atomic E-state index is 0.0314. The second-order valence-electron chi connectivity index (χ2n) is 14.0. The fourth-order valence-electron chi connectivity index (χ4n) is 5.80. The Labute approximate surface area is 325 Å². The van der Waals surface area contributed by atoms with Crippen LogP contribution in [0.2, 0.25) is 0 Å². The van der Waals surface area contributed by atoms with E-state index in [1.165, 1.54) is 0 Å². The van der Waals surface area contributed by atoms with Gasteiger partial charge in [-0.25, -0.2) is 16.8 Å². The van der Waals surface area contributed by atoms with E-state index in [2.05, 4.69) is 13.2 Å². The molecule has 4 aromatic carbocycles. The maximum atomic E-state index is 13.1. The molecule has 0 saturated carbocycles. The molecule has 8 nitrogen and oxygen atoms in total. The molecule has 4 rings (SSSR count). The van der Waals surface area contributed by atoms with E-state index in [9.17, 15) is 16.8 Å². The smallest absolute Gasteiger partial charge is 0.214 e. The van der Waals surface area contributed by atoms with E-state index in [1.54, 1.807) is 35.0 Å². The van der Waals surface area contributed by atoms with Crippen molar-refractivity contribution in [2.24, 2.45) is 11.8 Å². The van der Waals surface area contributed by atoms with Crippen LogP contribution in [0.5, 0.6) is 11.5 Å². The van der Waals surface area contributed by atoms with Crippen LogP contribution in [0, 0.1) is 25.7 Å². The Morgan fingerprint density at radius 1 is 0.519 bits per heavy atom. The number of hydrogen-bond acceptors (Lipinski definition) is 6. The molecule has 0 spiro atoms. The van der Waals surface area contributed by atoms with Crippen molar-refractivity contribution in [3.63, 3.8) is 0 Å². The lowest BCUT2D eigenvalue weighted by molar-refractivity contribution is 0.394. The molecule has 0 aliphatic heterocycles. The van der Waals surface area contributed by atoms with E-state index in [0.717, 1.165) is 44.9 Å². The van der Waals surface area contributed by atoms with Crippen molar-refractivity contribution in [2.45, 2.75) is 66.7 Å². The lowest BCUT2D eigenvalue weighted by Crippen LogP contribution is -2.34. The van der Waals surface area contributed by atoms with Crippen LogP contribution in [0.25, 0.3) is 0 Å². The van der Waals surface area contributed by atoms with Gasteiger partial charge >= 0.3 is 0 Å². The molecule has 292 valence electrons. The average molecular weight is 775 g/mol.